The summed E-state index contributed by atoms with van der Waals surface area (Å²) in [6.07, 6.45) is 5.16. The number of aryl methyl sites for hydroxylation is 1. The van der Waals surface area contributed by atoms with E-state index in [0.717, 1.165) is 17.5 Å². The van der Waals surface area contributed by atoms with E-state index in [0.29, 0.717) is 6.42 Å². The molecule has 2 rings (SSSR count). The summed E-state index contributed by atoms with van der Waals surface area (Å²) >= 11 is 0. The highest BCUT2D eigenvalue weighted by Gasteiger charge is 2.00. The molecule has 0 aromatic carbocycles. The van der Waals surface area contributed by atoms with Crippen molar-refractivity contribution < 1.29 is 9.90 Å². The van der Waals surface area contributed by atoms with Gasteiger partial charge in [0.05, 0.1) is 11.7 Å². The van der Waals surface area contributed by atoms with Gasteiger partial charge in [0.25, 0.3) is 0 Å². The van der Waals surface area contributed by atoms with Gasteiger partial charge in [-0.15, -0.1) is 5.10 Å². The van der Waals surface area contributed by atoms with Crippen molar-refractivity contribution in [3.8, 4) is 0 Å². The second-order valence-corrected chi connectivity index (χ2v) is 3.39. The van der Waals surface area contributed by atoms with Crippen molar-refractivity contribution in [2.45, 2.75) is 19.3 Å². The van der Waals surface area contributed by atoms with Gasteiger partial charge in [0.1, 0.15) is 0 Å². The van der Waals surface area contributed by atoms with Crippen LogP contribution >= 0.6 is 0 Å². The Labute approximate surface area is 86.3 Å². The van der Waals surface area contributed by atoms with Gasteiger partial charge in [-0.1, -0.05) is 11.3 Å². The van der Waals surface area contributed by atoms with Crippen LogP contribution in [0, 0.1) is 0 Å². The monoisotopic (exact) mass is 205 g/mol. The van der Waals surface area contributed by atoms with E-state index in [1.54, 1.807) is 10.7 Å². The van der Waals surface area contributed by atoms with E-state index in [9.17, 15) is 4.79 Å². The molecule has 0 amide bonds. The fourth-order valence-electron chi connectivity index (χ4n) is 1.46. The summed E-state index contributed by atoms with van der Waals surface area (Å²) in [4.78, 5) is 10.3. The lowest BCUT2D eigenvalue weighted by atomic mass is 10.1. The molecule has 0 unspecified atom stereocenters. The van der Waals surface area contributed by atoms with Crippen molar-refractivity contribution >= 4 is 11.5 Å². The third-order valence-electron chi connectivity index (χ3n) is 2.21. The van der Waals surface area contributed by atoms with Gasteiger partial charge >= 0.3 is 5.97 Å². The Morgan fingerprint density at radius 1 is 1.47 bits per heavy atom. The molecule has 0 atom stereocenters. The van der Waals surface area contributed by atoms with Crippen molar-refractivity contribution in [1.82, 2.24) is 14.8 Å². The highest BCUT2D eigenvalue weighted by molar-refractivity contribution is 5.66. The highest BCUT2D eigenvalue weighted by atomic mass is 16.4. The number of fused-ring (bicyclic) bond motifs is 1. The third-order valence-corrected chi connectivity index (χ3v) is 2.21. The molecular formula is C10H11N3O2. The minimum atomic E-state index is -0.753. The number of nitrogens with zero attached hydrogens (tertiary/aromatic N) is 3. The maximum absolute atomic E-state index is 10.3. The molecule has 0 aliphatic carbocycles. The quantitative estimate of drug-likeness (QED) is 0.812. The first kappa shape index (κ1) is 9.64. The first-order chi connectivity index (χ1) is 7.25. The number of hydrogen-bond donors (Lipinski definition) is 1. The van der Waals surface area contributed by atoms with Crippen molar-refractivity contribution in [2.24, 2.45) is 0 Å². The zero-order chi connectivity index (χ0) is 10.7. The molecule has 0 saturated heterocycles. The summed E-state index contributed by atoms with van der Waals surface area (Å²) < 4.78 is 1.69. The number of hydrogen-bond acceptors (Lipinski definition) is 3. The molecule has 5 heteroatoms. The number of carbonyl (C=O) groups is 1. The van der Waals surface area contributed by atoms with Crippen LogP contribution in [-0.2, 0) is 11.2 Å². The van der Waals surface area contributed by atoms with Gasteiger partial charge in [0.2, 0.25) is 0 Å². The molecule has 78 valence electrons. The standard InChI is InChI=1S/C10H11N3O2/c14-10(15)3-1-2-8-4-5-9-6-11-12-13(9)7-8/h4-7H,1-3H2,(H,14,15). The van der Waals surface area contributed by atoms with Crippen LogP contribution in [0.2, 0.25) is 0 Å². The number of aliphatic carboxylic acids is 1. The van der Waals surface area contributed by atoms with Crippen LogP contribution in [-0.4, -0.2) is 25.9 Å². The van der Waals surface area contributed by atoms with E-state index < -0.39 is 5.97 Å². The Hall–Kier alpha value is -1.91. The molecular weight excluding hydrogens is 194 g/mol. The van der Waals surface area contributed by atoms with Gasteiger partial charge in [0.15, 0.2) is 0 Å². The maximum Gasteiger partial charge on any atom is 0.303 e. The zero-order valence-corrected chi connectivity index (χ0v) is 8.13. The minimum Gasteiger partial charge on any atom is -0.481 e. The van der Waals surface area contributed by atoms with Crippen LogP contribution in [0.15, 0.2) is 24.5 Å². The number of pyridine rings is 1. The SMILES string of the molecule is O=C(O)CCCc1ccc2cnnn2c1. The molecule has 5 nitrogen and oxygen atoms in total. The average molecular weight is 205 g/mol. The fraction of sp³-hybridized carbons (Fsp3) is 0.300. The minimum absolute atomic E-state index is 0.204. The molecule has 2 aromatic rings. The van der Waals surface area contributed by atoms with Crippen LogP contribution in [0.5, 0.6) is 0 Å². The van der Waals surface area contributed by atoms with Gasteiger partial charge in [-0.2, -0.15) is 0 Å². The fourth-order valence-corrected chi connectivity index (χ4v) is 1.46. The summed E-state index contributed by atoms with van der Waals surface area (Å²) in [5, 5.41) is 16.1. The predicted molar refractivity (Wildman–Crippen MR) is 53.6 cm³/mol. The lowest BCUT2D eigenvalue weighted by molar-refractivity contribution is -0.137. The number of aromatic nitrogens is 3. The van der Waals surface area contributed by atoms with Gasteiger partial charge < -0.3 is 5.11 Å². The van der Waals surface area contributed by atoms with Crippen molar-refractivity contribution in [2.75, 3.05) is 0 Å². The first-order valence-corrected chi connectivity index (χ1v) is 4.76. The van der Waals surface area contributed by atoms with Crippen LogP contribution in [0.25, 0.3) is 5.52 Å². The van der Waals surface area contributed by atoms with E-state index in [4.69, 9.17) is 5.11 Å². The van der Waals surface area contributed by atoms with E-state index >= 15 is 0 Å². The molecule has 0 bridgehead atoms. The van der Waals surface area contributed by atoms with Crippen molar-refractivity contribution in [1.29, 1.82) is 0 Å². The van der Waals surface area contributed by atoms with Gasteiger partial charge in [-0.05, 0) is 24.5 Å². The lowest BCUT2D eigenvalue weighted by Gasteiger charge is -1.99. The Morgan fingerprint density at radius 3 is 3.13 bits per heavy atom. The summed E-state index contributed by atoms with van der Waals surface area (Å²) in [5.74, 6) is -0.753. The molecule has 2 heterocycles. The van der Waals surface area contributed by atoms with Crippen molar-refractivity contribution in [3.63, 3.8) is 0 Å². The van der Waals surface area contributed by atoms with Gasteiger partial charge in [-0.3, -0.25) is 4.79 Å². The van der Waals surface area contributed by atoms with Gasteiger partial charge in [0, 0.05) is 12.6 Å². The number of carboxylic acid groups (broad SMARTS) is 1. The lowest BCUT2D eigenvalue weighted by Crippen LogP contribution is -1.97. The molecule has 0 aliphatic heterocycles. The van der Waals surface area contributed by atoms with Crippen LogP contribution in [0.1, 0.15) is 18.4 Å². The van der Waals surface area contributed by atoms with Crippen LogP contribution < -0.4 is 0 Å². The van der Waals surface area contributed by atoms with Gasteiger partial charge in [-0.25, -0.2) is 4.52 Å². The molecule has 0 saturated carbocycles. The van der Waals surface area contributed by atoms with E-state index in [-0.39, 0.29) is 6.42 Å². The van der Waals surface area contributed by atoms with Crippen LogP contribution in [0.4, 0.5) is 0 Å². The smallest absolute Gasteiger partial charge is 0.303 e. The summed E-state index contributed by atoms with van der Waals surface area (Å²) in [5.41, 5.74) is 2.02. The normalized spacial score (nSPS) is 10.7. The van der Waals surface area contributed by atoms with E-state index in [1.165, 1.54) is 0 Å². The molecule has 1 N–H and O–H groups in total. The van der Waals surface area contributed by atoms with Crippen molar-refractivity contribution in [3.05, 3.63) is 30.1 Å². The predicted octanol–water partition coefficient (Wildman–Crippen LogP) is 1.14. The highest BCUT2D eigenvalue weighted by Crippen LogP contribution is 2.07. The molecule has 2 aromatic heterocycles. The molecule has 15 heavy (non-hydrogen) atoms. The topological polar surface area (TPSA) is 67.5 Å². The number of rotatable bonds is 4. The first-order valence-electron chi connectivity index (χ1n) is 4.76. The molecule has 0 fully saturated rings. The number of carboxylic acids is 1. The second kappa shape index (κ2) is 4.08. The van der Waals surface area contributed by atoms with E-state index in [1.807, 2.05) is 18.3 Å². The Balaban J connectivity index is 2.04. The third kappa shape index (κ3) is 2.31. The molecule has 0 radical (unpaired) electrons. The summed E-state index contributed by atoms with van der Waals surface area (Å²) in [7, 11) is 0. The van der Waals surface area contributed by atoms with Crippen LogP contribution in [0.3, 0.4) is 0 Å². The summed E-state index contributed by atoms with van der Waals surface area (Å²) in [6.45, 7) is 0. The Bertz CT molecular complexity index is 478. The maximum atomic E-state index is 10.3. The molecule has 0 aliphatic rings. The Morgan fingerprint density at radius 2 is 2.33 bits per heavy atom. The average Bonchev–Trinajstić information content (AvgIpc) is 2.64. The van der Waals surface area contributed by atoms with E-state index in [2.05, 4.69) is 10.3 Å². The molecule has 0 spiro atoms. The largest absolute Gasteiger partial charge is 0.481 e. The summed E-state index contributed by atoms with van der Waals surface area (Å²) in [6, 6.07) is 3.90. The second-order valence-electron chi connectivity index (χ2n) is 3.39. The Kier molecular flexibility index (Phi) is 2.62. The zero-order valence-electron chi connectivity index (χ0n) is 8.13.